The largest absolute Gasteiger partial charge is 0.384 e. The second kappa shape index (κ2) is 3.74. The predicted octanol–water partition coefficient (Wildman–Crippen LogP) is 1.81. The van der Waals surface area contributed by atoms with E-state index in [1.165, 1.54) is 0 Å². The number of halogens is 1. The molecule has 0 aliphatic rings. The molecular formula is C10H9ClN4. The fraction of sp³-hybridized carbons (Fsp3) is 0. The molecule has 0 aliphatic heterocycles. The van der Waals surface area contributed by atoms with Gasteiger partial charge in [-0.25, -0.2) is 4.98 Å². The Bertz CT molecular complexity index is 490. The fourth-order valence-electron chi connectivity index (χ4n) is 1.40. The topological polar surface area (TPSA) is 67.7 Å². The Morgan fingerprint density at radius 2 is 2.27 bits per heavy atom. The van der Waals surface area contributed by atoms with Gasteiger partial charge in [0.15, 0.2) is 0 Å². The average molecular weight is 221 g/mol. The van der Waals surface area contributed by atoms with E-state index < -0.39 is 0 Å². The Morgan fingerprint density at radius 1 is 1.47 bits per heavy atom. The maximum absolute atomic E-state index is 7.48. The smallest absolute Gasteiger partial charge is 0.126 e. The first-order valence-electron chi connectivity index (χ1n) is 4.31. The highest BCUT2D eigenvalue weighted by Crippen LogP contribution is 2.22. The van der Waals surface area contributed by atoms with Gasteiger partial charge < -0.3 is 10.3 Å². The molecule has 0 spiro atoms. The quantitative estimate of drug-likeness (QED) is 0.599. The van der Waals surface area contributed by atoms with Gasteiger partial charge in [0.25, 0.3) is 0 Å². The molecule has 0 unspecified atom stereocenters. The molecule has 0 fully saturated rings. The van der Waals surface area contributed by atoms with E-state index in [0.717, 1.165) is 5.69 Å². The molecule has 76 valence electrons. The van der Waals surface area contributed by atoms with Crippen LogP contribution in [0.1, 0.15) is 5.56 Å². The minimum atomic E-state index is -0.0516. The van der Waals surface area contributed by atoms with Gasteiger partial charge in [-0.2, -0.15) is 0 Å². The van der Waals surface area contributed by atoms with Crippen molar-refractivity contribution in [2.75, 3.05) is 0 Å². The predicted molar refractivity (Wildman–Crippen MR) is 59.6 cm³/mol. The van der Waals surface area contributed by atoms with E-state index in [1.807, 2.05) is 12.1 Å². The van der Waals surface area contributed by atoms with Crippen molar-refractivity contribution >= 4 is 17.4 Å². The molecule has 2 aromatic rings. The van der Waals surface area contributed by atoms with Crippen LogP contribution in [0.3, 0.4) is 0 Å². The zero-order chi connectivity index (χ0) is 10.8. The fourth-order valence-corrected chi connectivity index (χ4v) is 1.67. The number of benzene rings is 1. The normalized spacial score (nSPS) is 10.2. The molecule has 0 saturated heterocycles. The highest BCUT2D eigenvalue weighted by atomic mass is 35.5. The van der Waals surface area contributed by atoms with Crippen LogP contribution in [0.2, 0.25) is 5.02 Å². The number of amidine groups is 1. The molecule has 1 aromatic carbocycles. The number of imidazole rings is 1. The number of nitrogens with zero attached hydrogens (tertiary/aromatic N) is 2. The third-order valence-electron chi connectivity index (χ3n) is 2.04. The molecular weight excluding hydrogens is 212 g/mol. The number of hydrogen-bond donors (Lipinski definition) is 2. The van der Waals surface area contributed by atoms with Crippen molar-refractivity contribution in [1.29, 1.82) is 5.41 Å². The lowest BCUT2D eigenvalue weighted by Gasteiger charge is -2.10. The molecule has 0 radical (unpaired) electrons. The maximum atomic E-state index is 7.48. The molecule has 0 atom stereocenters. The zero-order valence-corrected chi connectivity index (χ0v) is 8.57. The number of hydrogen-bond acceptors (Lipinski definition) is 2. The third kappa shape index (κ3) is 1.71. The molecule has 0 amide bonds. The van der Waals surface area contributed by atoms with Crippen LogP contribution < -0.4 is 5.73 Å². The van der Waals surface area contributed by atoms with Crippen LogP contribution >= 0.6 is 11.6 Å². The Hall–Kier alpha value is -1.81. The Kier molecular flexibility index (Phi) is 2.43. The summed E-state index contributed by atoms with van der Waals surface area (Å²) in [5, 5.41) is 7.95. The Morgan fingerprint density at radius 3 is 2.87 bits per heavy atom. The molecule has 0 bridgehead atoms. The van der Waals surface area contributed by atoms with Crippen molar-refractivity contribution in [3.05, 3.63) is 47.5 Å². The summed E-state index contributed by atoms with van der Waals surface area (Å²) >= 11 is 5.99. The lowest BCUT2D eigenvalue weighted by Crippen LogP contribution is -2.15. The highest BCUT2D eigenvalue weighted by molar-refractivity contribution is 6.34. The monoisotopic (exact) mass is 220 g/mol. The molecule has 0 aliphatic carbocycles. The summed E-state index contributed by atoms with van der Waals surface area (Å²) in [5.41, 5.74) is 6.77. The number of aromatic nitrogens is 2. The Labute approximate surface area is 91.8 Å². The van der Waals surface area contributed by atoms with Gasteiger partial charge in [0.2, 0.25) is 0 Å². The molecule has 2 rings (SSSR count). The number of nitrogen functional groups attached to an aromatic ring is 1. The van der Waals surface area contributed by atoms with Crippen molar-refractivity contribution in [3.8, 4) is 5.69 Å². The molecule has 0 saturated carbocycles. The summed E-state index contributed by atoms with van der Waals surface area (Å²) in [4.78, 5) is 3.94. The van der Waals surface area contributed by atoms with Gasteiger partial charge in [-0.1, -0.05) is 17.7 Å². The SMILES string of the molecule is N=C(N)c1c(Cl)cccc1-n1ccnc1. The van der Waals surface area contributed by atoms with Gasteiger partial charge in [-0.15, -0.1) is 0 Å². The van der Waals surface area contributed by atoms with Gasteiger partial charge in [0.1, 0.15) is 5.84 Å². The zero-order valence-electron chi connectivity index (χ0n) is 7.81. The highest BCUT2D eigenvalue weighted by Gasteiger charge is 2.10. The van der Waals surface area contributed by atoms with Crippen molar-refractivity contribution in [1.82, 2.24) is 9.55 Å². The van der Waals surface area contributed by atoms with Crippen LogP contribution in [0, 0.1) is 5.41 Å². The van der Waals surface area contributed by atoms with Crippen molar-refractivity contribution in [2.45, 2.75) is 0 Å². The molecule has 3 N–H and O–H groups in total. The van der Waals surface area contributed by atoms with E-state index in [2.05, 4.69) is 4.98 Å². The number of rotatable bonds is 2. The van der Waals surface area contributed by atoms with Gasteiger partial charge >= 0.3 is 0 Å². The summed E-state index contributed by atoms with van der Waals surface area (Å²) in [6, 6.07) is 5.35. The second-order valence-corrected chi connectivity index (χ2v) is 3.42. The van der Waals surface area contributed by atoms with Gasteiger partial charge in [0.05, 0.1) is 22.6 Å². The van der Waals surface area contributed by atoms with Crippen LogP contribution in [0.4, 0.5) is 0 Å². The van der Waals surface area contributed by atoms with Crippen LogP contribution in [-0.4, -0.2) is 15.4 Å². The molecule has 4 nitrogen and oxygen atoms in total. The Balaban J connectivity index is 2.66. The van der Waals surface area contributed by atoms with E-state index in [9.17, 15) is 0 Å². The summed E-state index contributed by atoms with van der Waals surface area (Å²) in [6.45, 7) is 0. The van der Waals surface area contributed by atoms with E-state index in [1.54, 1.807) is 29.4 Å². The van der Waals surface area contributed by atoms with E-state index >= 15 is 0 Å². The average Bonchev–Trinajstić information content (AvgIpc) is 2.69. The third-order valence-corrected chi connectivity index (χ3v) is 2.36. The van der Waals surface area contributed by atoms with Crippen LogP contribution in [0.5, 0.6) is 0 Å². The molecule has 1 heterocycles. The molecule has 1 aromatic heterocycles. The standard InChI is InChI=1S/C10H9ClN4/c11-7-2-1-3-8(9(7)10(12)13)15-5-4-14-6-15/h1-6H,(H3,12,13). The second-order valence-electron chi connectivity index (χ2n) is 3.02. The van der Waals surface area contributed by atoms with Crippen molar-refractivity contribution < 1.29 is 0 Å². The molecule has 15 heavy (non-hydrogen) atoms. The maximum Gasteiger partial charge on any atom is 0.126 e. The minimum absolute atomic E-state index is 0.0516. The van der Waals surface area contributed by atoms with Gasteiger partial charge in [-0.3, -0.25) is 5.41 Å². The number of nitrogens with one attached hydrogen (secondary N) is 1. The van der Waals surface area contributed by atoms with E-state index in [-0.39, 0.29) is 5.84 Å². The summed E-state index contributed by atoms with van der Waals surface area (Å²) in [5.74, 6) is -0.0516. The van der Waals surface area contributed by atoms with Crippen LogP contribution in [-0.2, 0) is 0 Å². The first-order chi connectivity index (χ1) is 7.20. The lowest BCUT2D eigenvalue weighted by molar-refractivity contribution is 1.05. The van der Waals surface area contributed by atoms with E-state index in [4.69, 9.17) is 22.7 Å². The lowest BCUT2D eigenvalue weighted by atomic mass is 10.1. The first-order valence-corrected chi connectivity index (χ1v) is 4.69. The van der Waals surface area contributed by atoms with Crippen molar-refractivity contribution in [3.63, 3.8) is 0 Å². The van der Waals surface area contributed by atoms with E-state index in [0.29, 0.717) is 10.6 Å². The molecule has 5 heteroatoms. The van der Waals surface area contributed by atoms with Crippen LogP contribution in [0.25, 0.3) is 5.69 Å². The van der Waals surface area contributed by atoms with Gasteiger partial charge in [0, 0.05) is 12.4 Å². The summed E-state index contributed by atoms with van der Waals surface area (Å²) in [7, 11) is 0. The summed E-state index contributed by atoms with van der Waals surface area (Å²) < 4.78 is 1.77. The minimum Gasteiger partial charge on any atom is -0.384 e. The number of nitrogens with two attached hydrogens (primary N) is 1. The van der Waals surface area contributed by atoms with Crippen molar-refractivity contribution in [2.24, 2.45) is 5.73 Å². The van der Waals surface area contributed by atoms with Crippen LogP contribution in [0.15, 0.2) is 36.9 Å². The summed E-state index contributed by atoms with van der Waals surface area (Å²) in [6.07, 6.45) is 5.07. The first kappa shape index (κ1) is 9.73. The van der Waals surface area contributed by atoms with Gasteiger partial charge in [-0.05, 0) is 12.1 Å².